The van der Waals surface area contributed by atoms with Crippen LogP contribution in [0.5, 0.6) is 0 Å². The number of aromatic nitrogens is 1. The lowest BCUT2D eigenvalue weighted by Crippen LogP contribution is -1.99. The molecule has 0 saturated carbocycles. The standard InChI is InChI=1S/C9H12N2/c1-8(7-10-2)9-5-3-4-6-11-9/h3-6,8H,2,7H2,1H3. The second-order valence-electron chi connectivity index (χ2n) is 2.56. The van der Waals surface area contributed by atoms with Gasteiger partial charge in [0.15, 0.2) is 0 Å². The van der Waals surface area contributed by atoms with Crippen LogP contribution in [-0.2, 0) is 0 Å². The summed E-state index contributed by atoms with van der Waals surface area (Å²) in [6.07, 6.45) is 1.80. The van der Waals surface area contributed by atoms with Gasteiger partial charge in [-0.1, -0.05) is 13.0 Å². The van der Waals surface area contributed by atoms with Gasteiger partial charge >= 0.3 is 0 Å². The number of hydrogen-bond donors (Lipinski definition) is 0. The van der Waals surface area contributed by atoms with Crippen LogP contribution in [0.15, 0.2) is 29.4 Å². The van der Waals surface area contributed by atoms with E-state index in [4.69, 9.17) is 0 Å². The van der Waals surface area contributed by atoms with Crippen LogP contribution in [0.2, 0.25) is 0 Å². The van der Waals surface area contributed by atoms with Crippen molar-refractivity contribution in [3.63, 3.8) is 0 Å². The van der Waals surface area contributed by atoms with Crippen molar-refractivity contribution in [2.24, 2.45) is 4.99 Å². The SMILES string of the molecule is C=NCC(C)c1ccccn1. The quantitative estimate of drug-likeness (QED) is 0.601. The molecule has 0 saturated heterocycles. The molecule has 58 valence electrons. The van der Waals surface area contributed by atoms with Gasteiger partial charge in [0.05, 0.1) is 0 Å². The lowest BCUT2D eigenvalue weighted by Gasteiger charge is -2.05. The number of aliphatic imine (C=N–C) groups is 1. The van der Waals surface area contributed by atoms with E-state index in [1.54, 1.807) is 6.20 Å². The molecular formula is C9H12N2. The molecule has 0 aliphatic heterocycles. The van der Waals surface area contributed by atoms with E-state index >= 15 is 0 Å². The highest BCUT2D eigenvalue weighted by atomic mass is 14.7. The highest BCUT2D eigenvalue weighted by molar-refractivity contribution is 5.24. The molecule has 0 spiro atoms. The van der Waals surface area contributed by atoms with Crippen molar-refractivity contribution in [3.8, 4) is 0 Å². The van der Waals surface area contributed by atoms with Crippen molar-refractivity contribution in [1.29, 1.82) is 0 Å². The second kappa shape index (κ2) is 3.86. The van der Waals surface area contributed by atoms with Gasteiger partial charge in [0.25, 0.3) is 0 Å². The van der Waals surface area contributed by atoms with Crippen molar-refractivity contribution in [1.82, 2.24) is 4.98 Å². The van der Waals surface area contributed by atoms with Crippen molar-refractivity contribution in [2.75, 3.05) is 6.54 Å². The maximum atomic E-state index is 4.21. The van der Waals surface area contributed by atoms with Crippen LogP contribution in [-0.4, -0.2) is 18.2 Å². The number of hydrogen-bond acceptors (Lipinski definition) is 2. The van der Waals surface area contributed by atoms with E-state index in [9.17, 15) is 0 Å². The van der Waals surface area contributed by atoms with E-state index in [2.05, 4.69) is 23.6 Å². The summed E-state index contributed by atoms with van der Waals surface area (Å²) in [6.45, 7) is 6.29. The Balaban J connectivity index is 2.68. The third-order valence-electron chi connectivity index (χ3n) is 1.60. The minimum Gasteiger partial charge on any atom is -0.300 e. The molecule has 0 aliphatic carbocycles. The Bertz CT molecular complexity index is 218. The van der Waals surface area contributed by atoms with Gasteiger partial charge in [-0.15, -0.1) is 0 Å². The van der Waals surface area contributed by atoms with Crippen molar-refractivity contribution < 1.29 is 0 Å². The normalized spacial score (nSPS) is 12.5. The van der Waals surface area contributed by atoms with Gasteiger partial charge in [-0.2, -0.15) is 0 Å². The Hall–Kier alpha value is -1.18. The van der Waals surface area contributed by atoms with Crippen molar-refractivity contribution >= 4 is 6.72 Å². The van der Waals surface area contributed by atoms with Crippen LogP contribution in [0.1, 0.15) is 18.5 Å². The summed E-state index contributed by atoms with van der Waals surface area (Å²) in [5.74, 6) is 0.383. The molecule has 11 heavy (non-hydrogen) atoms. The molecule has 1 atom stereocenters. The highest BCUT2D eigenvalue weighted by Gasteiger charge is 2.02. The van der Waals surface area contributed by atoms with Gasteiger partial charge in [0.1, 0.15) is 0 Å². The van der Waals surface area contributed by atoms with E-state index in [1.807, 2.05) is 18.2 Å². The van der Waals surface area contributed by atoms with Crippen LogP contribution in [0, 0.1) is 0 Å². The summed E-state index contributed by atoms with van der Waals surface area (Å²) < 4.78 is 0. The summed E-state index contributed by atoms with van der Waals surface area (Å²) in [6, 6.07) is 5.91. The van der Waals surface area contributed by atoms with E-state index < -0.39 is 0 Å². The summed E-state index contributed by atoms with van der Waals surface area (Å²) in [5, 5.41) is 0. The number of rotatable bonds is 3. The minimum absolute atomic E-state index is 0.383. The highest BCUT2D eigenvalue weighted by Crippen LogP contribution is 2.10. The lowest BCUT2D eigenvalue weighted by molar-refractivity contribution is 0.750. The molecule has 1 unspecified atom stereocenters. The molecule has 0 fully saturated rings. The van der Waals surface area contributed by atoms with Gasteiger partial charge in [-0.25, -0.2) is 0 Å². The molecule has 0 aromatic carbocycles. The summed E-state index contributed by atoms with van der Waals surface area (Å²) in [5.41, 5.74) is 1.08. The second-order valence-corrected chi connectivity index (χ2v) is 2.56. The zero-order valence-electron chi connectivity index (χ0n) is 6.70. The van der Waals surface area contributed by atoms with Crippen LogP contribution in [0.25, 0.3) is 0 Å². The van der Waals surface area contributed by atoms with Crippen LogP contribution in [0.4, 0.5) is 0 Å². The predicted molar refractivity (Wildman–Crippen MR) is 47.1 cm³/mol. The average Bonchev–Trinajstić information content (AvgIpc) is 2.07. The van der Waals surface area contributed by atoms with Gasteiger partial charge < -0.3 is 4.99 Å². The average molecular weight is 148 g/mol. The smallest absolute Gasteiger partial charge is 0.0463 e. The molecule has 1 aromatic heterocycles. The summed E-state index contributed by atoms with van der Waals surface area (Å²) >= 11 is 0. The van der Waals surface area contributed by atoms with Gasteiger partial charge in [0.2, 0.25) is 0 Å². The minimum atomic E-state index is 0.383. The molecule has 0 radical (unpaired) electrons. The number of nitrogens with zero attached hydrogens (tertiary/aromatic N) is 2. The Kier molecular flexibility index (Phi) is 2.78. The fourth-order valence-electron chi connectivity index (χ4n) is 0.955. The largest absolute Gasteiger partial charge is 0.300 e. The predicted octanol–water partition coefficient (Wildman–Crippen LogP) is 1.89. The van der Waals surface area contributed by atoms with Gasteiger partial charge in [-0.05, 0) is 18.9 Å². The molecule has 2 nitrogen and oxygen atoms in total. The number of pyridine rings is 1. The van der Waals surface area contributed by atoms with Crippen LogP contribution >= 0.6 is 0 Å². The Morgan fingerprint density at radius 2 is 2.45 bits per heavy atom. The van der Waals surface area contributed by atoms with Crippen molar-refractivity contribution in [3.05, 3.63) is 30.1 Å². The van der Waals surface area contributed by atoms with E-state index in [-0.39, 0.29) is 0 Å². The Morgan fingerprint density at radius 3 is 3.00 bits per heavy atom. The van der Waals surface area contributed by atoms with Crippen LogP contribution < -0.4 is 0 Å². The molecule has 2 heteroatoms. The zero-order valence-corrected chi connectivity index (χ0v) is 6.70. The molecule has 1 heterocycles. The maximum Gasteiger partial charge on any atom is 0.0463 e. The topological polar surface area (TPSA) is 25.2 Å². The molecular weight excluding hydrogens is 136 g/mol. The first-order valence-corrected chi connectivity index (χ1v) is 3.68. The third kappa shape index (κ3) is 2.15. The molecule has 0 aliphatic rings. The fourth-order valence-corrected chi connectivity index (χ4v) is 0.955. The van der Waals surface area contributed by atoms with Crippen molar-refractivity contribution in [2.45, 2.75) is 12.8 Å². The first-order chi connectivity index (χ1) is 5.34. The van der Waals surface area contributed by atoms with Gasteiger partial charge in [0, 0.05) is 24.4 Å². The first kappa shape index (κ1) is 7.92. The summed E-state index contributed by atoms with van der Waals surface area (Å²) in [4.78, 5) is 8.03. The third-order valence-corrected chi connectivity index (χ3v) is 1.60. The monoisotopic (exact) mass is 148 g/mol. The fraction of sp³-hybridized carbons (Fsp3) is 0.333. The molecule has 1 aromatic rings. The summed E-state index contributed by atoms with van der Waals surface area (Å²) in [7, 11) is 0. The Morgan fingerprint density at radius 1 is 1.64 bits per heavy atom. The zero-order chi connectivity index (χ0) is 8.10. The van der Waals surface area contributed by atoms with E-state index in [0.717, 1.165) is 12.2 Å². The molecule has 0 N–H and O–H groups in total. The van der Waals surface area contributed by atoms with E-state index in [1.165, 1.54) is 0 Å². The first-order valence-electron chi connectivity index (χ1n) is 3.68. The van der Waals surface area contributed by atoms with Gasteiger partial charge in [-0.3, -0.25) is 4.98 Å². The van der Waals surface area contributed by atoms with E-state index in [0.29, 0.717) is 5.92 Å². The Labute approximate surface area is 67.0 Å². The molecule has 1 rings (SSSR count). The van der Waals surface area contributed by atoms with Crippen LogP contribution in [0.3, 0.4) is 0 Å². The maximum absolute atomic E-state index is 4.21. The molecule has 0 bridgehead atoms. The lowest BCUT2D eigenvalue weighted by atomic mass is 10.1. The molecule has 0 amide bonds.